The van der Waals surface area contributed by atoms with E-state index in [9.17, 15) is 4.39 Å². The number of hydrogen-bond donors (Lipinski definition) is 1. The molecule has 1 N–H and O–H groups in total. The third kappa shape index (κ3) is 5.12. The van der Waals surface area contributed by atoms with Gasteiger partial charge < -0.3 is 10.1 Å². The Hall–Kier alpha value is -1.09. The van der Waals surface area contributed by atoms with Crippen LogP contribution in [0.15, 0.2) is 18.2 Å². The van der Waals surface area contributed by atoms with Crippen LogP contribution < -0.4 is 10.1 Å². The van der Waals surface area contributed by atoms with Crippen LogP contribution in [0.1, 0.15) is 46.1 Å². The summed E-state index contributed by atoms with van der Waals surface area (Å²) in [7, 11) is 1.63. The monoisotopic (exact) mass is 281 g/mol. The lowest BCUT2D eigenvalue weighted by Gasteiger charge is -2.32. The maximum absolute atomic E-state index is 13.4. The maximum Gasteiger partial charge on any atom is 0.123 e. The fourth-order valence-corrected chi connectivity index (χ4v) is 2.40. The average Bonchev–Trinajstić information content (AvgIpc) is 2.37. The van der Waals surface area contributed by atoms with Gasteiger partial charge in [0.25, 0.3) is 0 Å². The first-order valence-corrected chi connectivity index (χ1v) is 7.44. The molecule has 0 aromatic heterocycles. The summed E-state index contributed by atoms with van der Waals surface area (Å²) in [6.45, 7) is 9.90. The Bertz CT molecular complexity index is 412. The smallest absolute Gasteiger partial charge is 0.123 e. The van der Waals surface area contributed by atoms with E-state index in [0.29, 0.717) is 6.04 Å². The largest absolute Gasteiger partial charge is 0.496 e. The van der Waals surface area contributed by atoms with Crippen molar-refractivity contribution in [1.29, 1.82) is 0 Å². The van der Waals surface area contributed by atoms with Crippen molar-refractivity contribution in [2.75, 3.05) is 13.7 Å². The zero-order chi connectivity index (χ0) is 15.2. The van der Waals surface area contributed by atoms with Crippen LogP contribution in [-0.2, 0) is 6.42 Å². The number of halogens is 1. The van der Waals surface area contributed by atoms with E-state index in [4.69, 9.17) is 4.74 Å². The minimum atomic E-state index is -0.199. The van der Waals surface area contributed by atoms with E-state index in [1.54, 1.807) is 19.2 Å². The standard InChI is InChI=1S/C17H28FNO/c1-6-11-19-16(17(2,3)4)10-7-13-12-14(18)8-9-15(13)20-5/h8-9,12,16,19H,6-7,10-11H2,1-5H3. The van der Waals surface area contributed by atoms with Crippen LogP contribution in [0.4, 0.5) is 4.39 Å². The summed E-state index contributed by atoms with van der Waals surface area (Å²) >= 11 is 0. The van der Waals surface area contributed by atoms with Crippen LogP contribution in [0.2, 0.25) is 0 Å². The lowest BCUT2D eigenvalue weighted by molar-refractivity contribution is 0.254. The number of benzene rings is 1. The van der Waals surface area contributed by atoms with Gasteiger partial charge in [0, 0.05) is 6.04 Å². The lowest BCUT2D eigenvalue weighted by Crippen LogP contribution is -2.41. The van der Waals surface area contributed by atoms with E-state index in [1.807, 2.05) is 0 Å². The summed E-state index contributed by atoms with van der Waals surface area (Å²) < 4.78 is 18.7. The van der Waals surface area contributed by atoms with E-state index in [0.717, 1.165) is 37.1 Å². The number of hydrogen-bond acceptors (Lipinski definition) is 2. The van der Waals surface area contributed by atoms with E-state index >= 15 is 0 Å². The van der Waals surface area contributed by atoms with E-state index in [2.05, 4.69) is 33.0 Å². The molecule has 0 aliphatic carbocycles. The highest BCUT2D eigenvalue weighted by molar-refractivity contribution is 5.34. The van der Waals surface area contributed by atoms with Crippen LogP contribution in [0.3, 0.4) is 0 Å². The van der Waals surface area contributed by atoms with Crippen LogP contribution >= 0.6 is 0 Å². The Morgan fingerprint density at radius 2 is 2.00 bits per heavy atom. The topological polar surface area (TPSA) is 21.3 Å². The van der Waals surface area contributed by atoms with Crippen LogP contribution in [0.5, 0.6) is 5.75 Å². The molecular formula is C17H28FNO. The Morgan fingerprint density at radius 1 is 1.30 bits per heavy atom. The van der Waals surface area contributed by atoms with Gasteiger partial charge in [0.05, 0.1) is 7.11 Å². The van der Waals surface area contributed by atoms with Gasteiger partial charge in [-0.05, 0) is 55.0 Å². The molecule has 0 saturated heterocycles. The summed E-state index contributed by atoms with van der Waals surface area (Å²) in [5.41, 5.74) is 1.13. The molecule has 1 aromatic rings. The molecular weight excluding hydrogens is 253 g/mol. The van der Waals surface area contributed by atoms with Crippen LogP contribution in [0, 0.1) is 11.2 Å². The third-order valence-electron chi connectivity index (χ3n) is 3.63. The van der Waals surface area contributed by atoms with E-state index in [1.165, 1.54) is 6.07 Å². The molecule has 1 unspecified atom stereocenters. The second-order valence-corrected chi connectivity index (χ2v) is 6.37. The van der Waals surface area contributed by atoms with Gasteiger partial charge in [-0.3, -0.25) is 0 Å². The molecule has 2 nitrogen and oxygen atoms in total. The van der Waals surface area contributed by atoms with Crippen molar-refractivity contribution in [3.05, 3.63) is 29.6 Å². The molecule has 0 bridgehead atoms. The van der Waals surface area contributed by atoms with E-state index < -0.39 is 0 Å². The predicted octanol–water partition coefficient (Wildman–Crippen LogP) is 4.18. The van der Waals surface area contributed by atoms with Gasteiger partial charge in [-0.15, -0.1) is 0 Å². The minimum Gasteiger partial charge on any atom is -0.496 e. The number of nitrogens with one attached hydrogen (secondary N) is 1. The Balaban J connectivity index is 2.74. The van der Waals surface area contributed by atoms with Gasteiger partial charge in [0.1, 0.15) is 11.6 Å². The molecule has 1 aromatic carbocycles. The van der Waals surface area contributed by atoms with Gasteiger partial charge in [0.15, 0.2) is 0 Å². The van der Waals surface area contributed by atoms with Gasteiger partial charge in [-0.25, -0.2) is 4.39 Å². The van der Waals surface area contributed by atoms with Crippen LogP contribution in [0.25, 0.3) is 0 Å². The molecule has 0 aliphatic rings. The van der Waals surface area contributed by atoms with Gasteiger partial charge in [-0.2, -0.15) is 0 Å². The minimum absolute atomic E-state index is 0.190. The highest BCUT2D eigenvalue weighted by Crippen LogP contribution is 2.26. The highest BCUT2D eigenvalue weighted by atomic mass is 19.1. The highest BCUT2D eigenvalue weighted by Gasteiger charge is 2.23. The zero-order valence-corrected chi connectivity index (χ0v) is 13.4. The fourth-order valence-electron chi connectivity index (χ4n) is 2.40. The Labute approximate surface area is 122 Å². The number of rotatable bonds is 7. The molecule has 0 spiro atoms. The van der Waals surface area contributed by atoms with Gasteiger partial charge >= 0.3 is 0 Å². The number of methoxy groups -OCH3 is 1. The molecule has 0 amide bonds. The van der Waals surface area contributed by atoms with E-state index in [-0.39, 0.29) is 11.2 Å². The van der Waals surface area contributed by atoms with Crippen molar-refractivity contribution < 1.29 is 9.13 Å². The second-order valence-electron chi connectivity index (χ2n) is 6.37. The quantitative estimate of drug-likeness (QED) is 0.809. The average molecular weight is 281 g/mol. The fraction of sp³-hybridized carbons (Fsp3) is 0.647. The molecule has 0 aliphatic heterocycles. The second kappa shape index (κ2) is 7.63. The first-order valence-electron chi connectivity index (χ1n) is 7.44. The Kier molecular flexibility index (Phi) is 6.47. The molecule has 0 fully saturated rings. The molecule has 0 radical (unpaired) electrons. The molecule has 114 valence electrons. The van der Waals surface area contributed by atoms with Crippen molar-refractivity contribution in [3.63, 3.8) is 0 Å². The Morgan fingerprint density at radius 3 is 2.55 bits per heavy atom. The van der Waals surface area contributed by atoms with Crippen molar-refractivity contribution in [1.82, 2.24) is 5.32 Å². The molecule has 3 heteroatoms. The van der Waals surface area contributed by atoms with Gasteiger partial charge in [0.2, 0.25) is 0 Å². The molecule has 20 heavy (non-hydrogen) atoms. The van der Waals surface area contributed by atoms with Crippen LogP contribution in [-0.4, -0.2) is 19.7 Å². The normalized spacial score (nSPS) is 13.3. The zero-order valence-electron chi connectivity index (χ0n) is 13.4. The van der Waals surface area contributed by atoms with Crippen molar-refractivity contribution >= 4 is 0 Å². The number of ether oxygens (including phenoxy) is 1. The number of aryl methyl sites for hydroxylation is 1. The molecule has 0 saturated carbocycles. The molecule has 1 atom stereocenters. The predicted molar refractivity (Wildman–Crippen MR) is 82.8 cm³/mol. The summed E-state index contributed by atoms with van der Waals surface area (Å²) in [4.78, 5) is 0. The molecule has 1 rings (SSSR count). The summed E-state index contributed by atoms with van der Waals surface area (Å²) in [6, 6.07) is 5.14. The summed E-state index contributed by atoms with van der Waals surface area (Å²) in [6.07, 6.45) is 2.92. The maximum atomic E-state index is 13.4. The van der Waals surface area contributed by atoms with Crippen molar-refractivity contribution in [2.24, 2.45) is 5.41 Å². The SMILES string of the molecule is CCCNC(CCc1cc(F)ccc1OC)C(C)(C)C. The summed E-state index contributed by atoms with van der Waals surface area (Å²) in [5.74, 6) is 0.573. The molecule has 0 heterocycles. The van der Waals surface area contributed by atoms with Crippen molar-refractivity contribution in [2.45, 2.75) is 53.0 Å². The lowest BCUT2D eigenvalue weighted by atomic mass is 9.83. The first kappa shape index (κ1) is 17.0. The van der Waals surface area contributed by atoms with Crippen molar-refractivity contribution in [3.8, 4) is 5.75 Å². The summed E-state index contributed by atoms with van der Waals surface area (Å²) in [5, 5.41) is 3.60. The van der Waals surface area contributed by atoms with Gasteiger partial charge in [-0.1, -0.05) is 27.7 Å². The first-order chi connectivity index (χ1) is 9.38. The third-order valence-corrected chi connectivity index (χ3v) is 3.63.